The predicted molar refractivity (Wildman–Crippen MR) is 91.1 cm³/mol. The van der Waals surface area contributed by atoms with Gasteiger partial charge < -0.3 is 14.9 Å². The molecule has 7 heteroatoms. The van der Waals surface area contributed by atoms with Gasteiger partial charge in [0.25, 0.3) is 0 Å². The lowest BCUT2D eigenvalue weighted by atomic mass is 9.92. The molecule has 0 aliphatic rings. The molecule has 0 heterocycles. The molecule has 0 bridgehead atoms. The molecular formula is C18H19NO6. The summed E-state index contributed by atoms with van der Waals surface area (Å²) in [6.07, 6.45) is 0.815. The summed E-state index contributed by atoms with van der Waals surface area (Å²) in [7, 11) is 0. The molecule has 25 heavy (non-hydrogen) atoms. The molecule has 0 fully saturated rings. The van der Waals surface area contributed by atoms with Crippen LogP contribution in [0, 0.1) is 10.1 Å². The number of carbonyl (C=O) groups is 1. The standard InChI is InChI=1S/C18H19NO6/c1-2-9-25-17-8-3-12(11-16(17)19(23)24)10-15(18(21)22)13-4-6-14(20)7-5-13/h3-8,11,15,20H,2,9-10H2,1H3,(H,21,22). The summed E-state index contributed by atoms with van der Waals surface area (Å²) in [5.41, 5.74) is 0.857. The highest BCUT2D eigenvalue weighted by molar-refractivity contribution is 5.76. The highest BCUT2D eigenvalue weighted by Crippen LogP contribution is 2.31. The Labute approximate surface area is 144 Å². The first-order valence-corrected chi connectivity index (χ1v) is 7.84. The Kier molecular flexibility index (Phi) is 5.94. The Morgan fingerprint density at radius 3 is 2.48 bits per heavy atom. The molecule has 0 radical (unpaired) electrons. The molecule has 7 nitrogen and oxygen atoms in total. The van der Waals surface area contributed by atoms with Crippen LogP contribution in [0.2, 0.25) is 0 Å². The SMILES string of the molecule is CCCOc1ccc(CC(C(=O)O)c2ccc(O)cc2)cc1[N+](=O)[O-]. The average molecular weight is 345 g/mol. The largest absolute Gasteiger partial charge is 0.508 e. The van der Waals surface area contributed by atoms with E-state index in [1.165, 1.54) is 36.4 Å². The highest BCUT2D eigenvalue weighted by atomic mass is 16.6. The molecule has 0 aromatic heterocycles. The molecule has 0 aliphatic heterocycles. The number of hydrogen-bond donors (Lipinski definition) is 2. The van der Waals surface area contributed by atoms with Gasteiger partial charge in [-0.25, -0.2) is 0 Å². The molecular weight excluding hydrogens is 326 g/mol. The van der Waals surface area contributed by atoms with Crippen molar-refractivity contribution < 1.29 is 24.7 Å². The Balaban J connectivity index is 2.30. The van der Waals surface area contributed by atoms with Crippen LogP contribution in [-0.2, 0) is 11.2 Å². The number of ether oxygens (including phenoxy) is 1. The fraction of sp³-hybridized carbons (Fsp3) is 0.278. The molecule has 0 saturated heterocycles. The van der Waals surface area contributed by atoms with E-state index in [-0.39, 0.29) is 23.6 Å². The number of phenolic OH excluding ortho intramolecular Hbond substituents is 1. The third-order valence-corrected chi connectivity index (χ3v) is 3.72. The van der Waals surface area contributed by atoms with Crippen LogP contribution in [0.15, 0.2) is 42.5 Å². The topological polar surface area (TPSA) is 110 Å². The third kappa shape index (κ3) is 4.69. The van der Waals surface area contributed by atoms with E-state index in [1.807, 2.05) is 6.92 Å². The zero-order valence-electron chi connectivity index (χ0n) is 13.7. The number of nitro benzene ring substituents is 1. The van der Waals surface area contributed by atoms with E-state index in [1.54, 1.807) is 6.07 Å². The number of benzene rings is 2. The first-order valence-electron chi connectivity index (χ1n) is 7.84. The van der Waals surface area contributed by atoms with Gasteiger partial charge in [-0.2, -0.15) is 0 Å². The third-order valence-electron chi connectivity index (χ3n) is 3.72. The summed E-state index contributed by atoms with van der Waals surface area (Å²) in [5, 5.41) is 30.1. The maximum absolute atomic E-state index is 11.6. The van der Waals surface area contributed by atoms with E-state index in [4.69, 9.17) is 4.74 Å². The molecule has 1 atom stereocenters. The lowest BCUT2D eigenvalue weighted by molar-refractivity contribution is -0.385. The summed E-state index contributed by atoms with van der Waals surface area (Å²) in [6.45, 7) is 2.26. The second kappa shape index (κ2) is 8.14. The molecule has 132 valence electrons. The van der Waals surface area contributed by atoms with E-state index in [2.05, 4.69) is 0 Å². The number of carboxylic acids is 1. The van der Waals surface area contributed by atoms with Crippen molar-refractivity contribution in [3.63, 3.8) is 0 Å². The first kappa shape index (κ1) is 18.3. The van der Waals surface area contributed by atoms with Crippen LogP contribution in [0.5, 0.6) is 11.5 Å². The Hall–Kier alpha value is -3.09. The van der Waals surface area contributed by atoms with Crippen LogP contribution < -0.4 is 4.74 Å². The van der Waals surface area contributed by atoms with Crippen LogP contribution in [0.1, 0.15) is 30.4 Å². The second-order valence-electron chi connectivity index (χ2n) is 5.59. The van der Waals surface area contributed by atoms with Gasteiger partial charge in [-0.05, 0) is 42.2 Å². The van der Waals surface area contributed by atoms with Gasteiger partial charge in [0.15, 0.2) is 5.75 Å². The van der Waals surface area contributed by atoms with Gasteiger partial charge in [0.1, 0.15) is 5.75 Å². The number of aromatic hydroxyl groups is 1. The highest BCUT2D eigenvalue weighted by Gasteiger charge is 2.23. The molecule has 2 aromatic rings. The number of carboxylic acid groups (broad SMARTS) is 1. The maximum atomic E-state index is 11.6. The zero-order chi connectivity index (χ0) is 18.4. The molecule has 0 spiro atoms. The van der Waals surface area contributed by atoms with Crippen molar-refractivity contribution in [2.45, 2.75) is 25.7 Å². The van der Waals surface area contributed by atoms with Crippen molar-refractivity contribution >= 4 is 11.7 Å². The number of nitrogens with zero attached hydrogens (tertiary/aromatic N) is 1. The number of aliphatic carboxylic acids is 1. The summed E-state index contributed by atoms with van der Waals surface area (Å²) in [5.74, 6) is -1.70. The summed E-state index contributed by atoms with van der Waals surface area (Å²) < 4.78 is 5.37. The second-order valence-corrected chi connectivity index (χ2v) is 5.59. The van der Waals surface area contributed by atoms with Crippen molar-refractivity contribution in [3.8, 4) is 11.5 Å². The Morgan fingerprint density at radius 1 is 1.24 bits per heavy atom. The quantitative estimate of drug-likeness (QED) is 0.560. The fourth-order valence-corrected chi connectivity index (χ4v) is 2.46. The van der Waals surface area contributed by atoms with Crippen LogP contribution in [0.25, 0.3) is 0 Å². The number of nitro groups is 1. The number of rotatable bonds is 8. The Morgan fingerprint density at radius 2 is 1.92 bits per heavy atom. The smallest absolute Gasteiger partial charge is 0.311 e. The monoisotopic (exact) mass is 345 g/mol. The van der Waals surface area contributed by atoms with Gasteiger partial charge in [0.05, 0.1) is 17.4 Å². The van der Waals surface area contributed by atoms with E-state index in [9.17, 15) is 25.1 Å². The minimum absolute atomic E-state index is 0.0425. The van der Waals surface area contributed by atoms with E-state index >= 15 is 0 Å². The van der Waals surface area contributed by atoms with Gasteiger partial charge in [-0.3, -0.25) is 14.9 Å². The van der Waals surface area contributed by atoms with Crippen LogP contribution >= 0.6 is 0 Å². The van der Waals surface area contributed by atoms with Gasteiger partial charge in [0, 0.05) is 6.07 Å². The average Bonchev–Trinajstić information content (AvgIpc) is 2.59. The van der Waals surface area contributed by atoms with Crippen LogP contribution in [0.4, 0.5) is 5.69 Å². The van der Waals surface area contributed by atoms with Gasteiger partial charge >= 0.3 is 11.7 Å². The molecule has 2 aromatic carbocycles. The van der Waals surface area contributed by atoms with Crippen molar-refractivity contribution in [2.24, 2.45) is 0 Å². The lowest BCUT2D eigenvalue weighted by Crippen LogP contribution is -2.14. The van der Waals surface area contributed by atoms with Crippen molar-refractivity contribution in [3.05, 3.63) is 63.7 Å². The summed E-state index contributed by atoms with van der Waals surface area (Å²) in [6, 6.07) is 10.4. The maximum Gasteiger partial charge on any atom is 0.311 e. The van der Waals surface area contributed by atoms with Gasteiger partial charge in [-0.1, -0.05) is 25.1 Å². The van der Waals surface area contributed by atoms with Gasteiger partial charge in [0.2, 0.25) is 0 Å². The normalized spacial score (nSPS) is 11.7. The van der Waals surface area contributed by atoms with Crippen molar-refractivity contribution in [1.29, 1.82) is 0 Å². The molecule has 2 N–H and O–H groups in total. The molecule has 1 unspecified atom stereocenters. The van der Waals surface area contributed by atoms with Crippen molar-refractivity contribution in [2.75, 3.05) is 6.61 Å². The molecule has 0 saturated carbocycles. The molecule has 2 rings (SSSR count). The number of phenols is 1. The van der Waals surface area contributed by atoms with E-state index in [0.29, 0.717) is 17.7 Å². The first-order chi connectivity index (χ1) is 11.9. The zero-order valence-corrected chi connectivity index (χ0v) is 13.7. The van der Waals surface area contributed by atoms with Crippen LogP contribution in [-0.4, -0.2) is 27.7 Å². The Bertz CT molecular complexity index is 757. The summed E-state index contributed by atoms with van der Waals surface area (Å²) >= 11 is 0. The number of hydrogen-bond acceptors (Lipinski definition) is 5. The van der Waals surface area contributed by atoms with Crippen molar-refractivity contribution in [1.82, 2.24) is 0 Å². The molecule has 0 aliphatic carbocycles. The van der Waals surface area contributed by atoms with Crippen LogP contribution in [0.3, 0.4) is 0 Å². The van der Waals surface area contributed by atoms with E-state index < -0.39 is 16.8 Å². The predicted octanol–water partition coefficient (Wildman–Crippen LogP) is 3.50. The lowest BCUT2D eigenvalue weighted by Gasteiger charge is -2.14. The van der Waals surface area contributed by atoms with Gasteiger partial charge in [-0.15, -0.1) is 0 Å². The molecule has 0 amide bonds. The summed E-state index contributed by atoms with van der Waals surface area (Å²) in [4.78, 5) is 22.3. The minimum Gasteiger partial charge on any atom is -0.508 e. The fourth-order valence-electron chi connectivity index (χ4n) is 2.46. The van der Waals surface area contributed by atoms with E-state index in [0.717, 1.165) is 6.42 Å². The minimum atomic E-state index is -1.04.